The van der Waals surface area contributed by atoms with Crippen molar-refractivity contribution in [3.8, 4) is 5.69 Å². The average Bonchev–Trinajstić information content (AvgIpc) is 3.11. The van der Waals surface area contributed by atoms with Gasteiger partial charge in [-0.25, -0.2) is 9.07 Å². The van der Waals surface area contributed by atoms with Gasteiger partial charge in [0.1, 0.15) is 11.5 Å². The summed E-state index contributed by atoms with van der Waals surface area (Å²) in [6, 6.07) is 16.2. The van der Waals surface area contributed by atoms with E-state index < -0.39 is 0 Å². The van der Waals surface area contributed by atoms with Crippen LogP contribution in [0, 0.1) is 5.82 Å². The molecule has 0 saturated carbocycles. The summed E-state index contributed by atoms with van der Waals surface area (Å²) in [5.74, 6) is -0.648. The second-order valence-corrected chi connectivity index (χ2v) is 7.74. The maximum absolute atomic E-state index is 14.0. The highest BCUT2D eigenvalue weighted by molar-refractivity contribution is 5.92. The van der Waals surface area contributed by atoms with Crippen LogP contribution in [0.3, 0.4) is 0 Å². The lowest BCUT2D eigenvalue weighted by Crippen LogP contribution is -2.27. The number of carbonyl (C=O) groups is 1. The van der Waals surface area contributed by atoms with E-state index in [1.54, 1.807) is 30.5 Å². The first-order valence-corrected chi connectivity index (χ1v) is 10.6. The molecule has 1 amide bonds. The largest absolute Gasteiger partial charge is 0.347 e. The van der Waals surface area contributed by atoms with Crippen molar-refractivity contribution in [2.24, 2.45) is 0 Å². The van der Waals surface area contributed by atoms with Crippen molar-refractivity contribution in [2.75, 3.05) is 13.1 Å². The van der Waals surface area contributed by atoms with Gasteiger partial charge in [0.25, 0.3) is 5.91 Å². The molecule has 1 aliphatic rings. The minimum atomic E-state index is -0.380. The van der Waals surface area contributed by atoms with Crippen LogP contribution in [0.25, 0.3) is 5.69 Å². The third-order valence-corrected chi connectivity index (χ3v) is 5.57. The zero-order valence-corrected chi connectivity index (χ0v) is 17.1. The molecule has 1 fully saturated rings. The van der Waals surface area contributed by atoms with Crippen LogP contribution < -0.4 is 5.32 Å². The highest BCUT2D eigenvalue weighted by Crippen LogP contribution is 2.17. The molecule has 2 aromatic carbocycles. The normalized spacial score (nSPS) is 15.0. The lowest BCUT2D eigenvalue weighted by Gasteiger charge is -2.21. The monoisotopic (exact) mass is 406 g/mol. The number of amides is 1. The van der Waals surface area contributed by atoms with E-state index in [1.165, 1.54) is 42.0 Å². The standard InChI is InChI=1S/C24H27FN4O/c25-21-11-5-6-12-23(21)29-16-13-22(27-29)24(30)26-17-19-9-3-4-10-20(19)18-28-14-7-1-2-8-15-28/h3-6,9-13,16H,1-2,7-8,14-15,17-18H2,(H,26,30). The van der Waals surface area contributed by atoms with Crippen LogP contribution in [-0.2, 0) is 13.1 Å². The Bertz CT molecular complexity index is 992. The molecule has 0 aliphatic carbocycles. The first kappa shape index (κ1) is 20.3. The van der Waals surface area contributed by atoms with E-state index in [2.05, 4.69) is 33.5 Å². The first-order chi connectivity index (χ1) is 14.7. The van der Waals surface area contributed by atoms with Crippen molar-refractivity contribution < 1.29 is 9.18 Å². The number of para-hydroxylation sites is 1. The van der Waals surface area contributed by atoms with Crippen molar-refractivity contribution in [3.63, 3.8) is 0 Å². The predicted molar refractivity (Wildman–Crippen MR) is 115 cm³/mol. The molecule has 0 spiro atoms. The molecule has 6 heteroatoms. The van der Waals surface area contributed by atoms with E-state index in [9.17, 15) is 9.18 Å². The summed E-state index contributed by atoms with van der Waals surface area (Å²) >= 11 is 0. The lowest BCUT2D eigenvalue weighted by molar-refractivity contribution is 0.0945. The SMILES string of the molecule is O=C(NCc1ccccc1CN1CCCCCC1)c1ccn(-c2ccccc2F)n1. The van der Waals surface area contributed by atoms with E-state index in [4.69, 9.17) is 0 Å². The molecule has 1 saturated heterocycles. The molecule has 2 heterocycles. The second kappa shape index (κ2) is 9.67. The summed E-state index contributed by atoms with van der Waals surface area (Å²) in [5.41, 5.74) is 2.95. The van der Waals surface area contributed by atoms with Crippen LogP contribution >= 0.6 is 0 Å². The van der Waals surface area contributed by atoms with E-state index in [1.807, 2.05) is 6.07 Å². The highest BCUT2D eigenvalue weighted by atomic mass is 19.1. The molecule has 1 N–H and O–H groups in total. The summed E-state index contributed by atoms with van der Waals surface area (Å²) < 4.78 is 15.3. The maximum Gasteiger partial charge on any atom is 0.272 e. The summed E-state index contributed by atoms with van der Waals surface area (Å²) in [6.45, 7) is 3.62. The van der Waals surface area contributed by atoms with Crippen molar-refractivity contribution in [1.82, 2.24) is 20.0 Å². The van der Waals surface area contributed by atoms with Crippen LogP contribution in [0.4, 0.5) is 4.39 Å². The van der Waals surface area contributed by atoms with E-state index >= 15 is 0 Å². The molecule has 0 radical (unpaired) electrons. The summed E-state index contributed by atoms with van der Waals surface area (Å²) in [4.78, 5) is 15.1. The Morgan fingerprint density at radius 1 is 0.933 bits per heavy atom. The Labute approximate surface area is 176 Å². The van der Waals surface area contributed by atoms with Gasteiger partial charge >= 0.3 is 0 Å². The van der Waals surface area contributed by atoms with E-state index in [0.717, 1.165) is 25.2 Å². The number of likely N-dealkylation sites (tertiary alicyclic amines) is 1. The Morgan fingerprint density at radius 2 is 1.63 bits per heavy atom. The molecule has 30 heavy (non-hydrogen) atoms. The number of rotatable bonds is 6. The van der Waals surface area contributed by atoms with E-state index in [-0.39, 0.29) is 17.4 Å². The number of aromatic nitrogens is 2. The second-order valence-electron chi connectivity index (χ2n) is 7.74. The zero-order chi connectivity index (χ0) is 20.8. The first-order valence-electron chi connectivity index (χ1n) is 10.6. The minimum absolute atomic E-state index is 0.267. The molecule has 1 aromatic heterocycles. The number of carbonyl (C=O) groups excluding carboxylic acids is 1. The van der Waals surface area contributed by atoms with Gasteiger partial charge in [-0.15, -0.1) is 0 Å². The third-order valence-electron chi connectivity index (χ3n) is 5.57. The van der Waals surface area contributed by atoms with Crippen molar-refractivity contribution >= 4 is 5.91 Å². The number of nitrogens with zero attached hydrogens (tertiary/aromatic N) is 3. The Balaban J connectivity index is 1.40. The maximum atomic E-state index is 14.0. The van der Waals surface area contributed by atoms with Crippen molar-refractivity contribution in [1.29, 1.82) is 0 Å². The van der Waals surface area contributed by atoms with Gasteiger partial charge in [0, 0.05) is 19.3 Å². The van der Waals surface area contributed by atoms with Gasteiger partial charge in [-0.05, 0) is 55.3 Å². The number of halogens is 1. The fourth-order valence-corrected chi connectivity index (χ4v) is 3.90. The predicted octanol–water partition coefficient (Wildman–Crippen LogP) is 4.32. The smallest absolute Gasteiger partial charge is 0.272 e. The topological polar surface area (TPSA) is 50.2 Å². The van der Waals surface area contributed by atoms with Gasteiger partial charge < -0.3 is 5.32 Å². The molecule has 0 atom stereocenters. The lowest BCUT2D eigenvalue weighted by atomic mass is 10.1. The molecular weight excluding hydrogens is 379 g/mol. The number of benzene rings is 2. The van der Waals surface area contributed by atoms with Gasteiger partial charge in [-0.2, -0.15) is 5.10 Å². The summed E-state index contributed by atoms with van der Waals surface area (Å²) in [7, 11) is 0. The third kappa shape index (κ3) is 4.94. The van der Waals surface area contributed by atoms with E-state index in [0.29, 0.717) is 12.2 Å². The quantitative estimate of drug-likeness (QED) is 0.663. The molecule has 1 aliphatic heterocycles. The minimum Gasteiger partial charge on any atom is -0.347 e. The number of hydrogen-bond donors (Lipinski definition) is 1. The van der Waals surface area contributed by atoms with Gasteiger partial charge in [0.15, 0.2) is 5.69 Å². The molecule has 4 rings (SSSR count). The summed E-state index contributed by atoms with van der Waals surface area (Å²) in [5, 5.41) is 7.19. The van der Waals surface area contributed by atoms with Crippen molar-refractivity contribution in [3.05, 3.63) is 83.4 Å². The van der Waals surface area contributed by atoms with Gasteiger partial charge in [-0.3, -0.25) is 9.69 Å². The van der Waals surface area contributed by atoms with Gasteiger partial charge in [-0.1, -0.05) is 49.2 Å². The highest BCUT2D eigenvalue weighted by Gasteiger charge is 2.14. The van der Waals surface area contributed by atoms with Crippen LogP contribution in [-0.4, -0.2) is 33.7 Å². The van der Waals surface area contributed by atoms with Crippen LogP contribution in [0.2, 0.25) is 0 Å². The van der Waals surface area contributed by atoms with Gasteiger partial charge in [0.05, 0.1) is 0 Å². The Hall–Kier alpha value is -2.99. The average molecular weight is 407 g/mol. The Morgan fingerprint density at radius 3 is 2.40 bits per heavy atom. The van der Waals surface area contributed by atoms with Crippen LogP contribution in [0.1, 0.15) is 47.3 Å². The Kier molecular flexibility index (Phi) is 6.54. The molecule has 0 bridgehead atoms. The zero-order valence-electron chi connectivity index (χ0n) is 17.1. The van der Waals surface area contributed by atoms with Crippen LogP contribution in [0.5, 0.6) is 0 Å². The fourth-order valence-electron chi connectivity index (χ4n) is 3.90. The molecule has 3 aromatic rings. The van der Waals surface area contributed by atoms with Gasteiger partial charge in [0.2, 0.25) is 0 Å². The molecule has 0 unspecified atom stereocenters. The molecule has 5 nitrogen and oxygen atoms in total. The van der Waals surface area contributed by atoms with Crippen molar-refractivity contribution in [2.45, 2.75) is 38.8 Å². The van der Waals surface area contributed by atoms with Crippen LogP contribution in [0.15, 0.2) is 60.8 Å². The molecule has 156 valence electrons. The number of hydrogen-bond acceptors (Lipinski definition) is 3. The fraction of sp³-hybridized carbons (Fsp3) is 0.333. The summed E-state index contributed by atoms with van der Waals surface area (Å²) in [6.07, 6.45) is 6.73. The molecular formula is C24H27FN4O. The number of nitrogens with one attached hydrogen (secondary N) is 1.